The Morgan fingerprint density at radius 3 is 2.44 bits per heavy atom. The van der Waals surface area contributed by atoms with Crippen LogP contribution in [0.3, 0.4) is 0 Å². The molecular weight excluding hydrogens is 350 g/mol. The van der Waals surface area contributed by atoms with Gasteiger partial charge in [-0.25, -0.2) is 0 Å². The van der Waals surface area contributed by atoms with Crippen molar-refractivity contribution in [1.82, 2.24) is 4.98 Å². The fourth-order valence-corrected chi connectivity index (χ4v) is 4.65. The maximum Gasteiger partial charge on any atom is 0.225 e. The van der Waals surface area contributed by atoms with Crippen LogP contribution in [-0.2, 0) is 4.93 Å². The largest absolute Gasteiger partial charge is 0.465 e. The van der Waals surface area contributed by atoms with Crippen molar-refractivity contribution >= 4 is 34.3 Å². The third kappa shape index (κ3) is 2.35. The Balaban J connectivity index is 1.73. The zero-order valence-electron chi connectivity index (χ0n) is 13.2. The molecular formula is C21H14ClNOS. The minimum absolute atomic E-state index is 0.646. The normalized spacial score (nSPS) is 18.9. The number of ether oxygens (including phenoxy) is 1. The van der Waals surface area contributed by atoms with E-state index in [1.54, 1.807) is 11.8 Å². The van der Waals surface area contributed by atoms with Gasteiger partial charge in [0.15, 0.2) is 0 Å². The van der Waals surface area contributed by atoms with Crippen molar-refractivity contribution in [3.8, 4) is 5.75 Å². The molecule has 1 unspecified atom stereocenters. The van der Waals surface area contributed by atoms with Crippen LogP contribution >= 0.6 is 23.4 Å². The fraction of sp³-hybridized carbons (Fsp3) is 0.0476. The molecule has 2 heterocycles. The molecule has 5 rings (SSSR count). The number of benzene rings is 3. The third-order valence-electron chi connectivity index (χ3n) is 4.47. The first-order valence-corrected chi connectivity index (χ1v) is 9.25. The Morgan fingerprint density at radius 2 is 1.64 bits per heavy atom. The van der Waals surface area contributed by atoms with E-state index < -0.39 is 4.93 Å². The zero-order valence-corrected chi connectivity index (χ0v) is 14.8. The lowest BCUT2D eigenvalue weighted by atomic mass is 10.1. The summed E-state index contributed by atoms with van der Waals surface area (Å²) in [7, 11) is 0. The Labute approximate surface area is 154 Å². The van der Waals surface area contributed by atoms with E-state index in [4.69, 9.17) is 16.3 Å². The van der Waals surface area contributed by atoms with Crippen LogP contribution < -0.4 is 4.74 Å². The van der Waals surface area contributed by atoms with Crippen molar-refractivity contribution in [3.63, 3.8) is 0 Å². The predicted molar refractivity (Wildman–Crippen MR) is 103 cm³/mol. The summed E-state index contributed by atoms with van der Waals surface area (Å²) in [4.78, 5) is 4.04. The van der Waals surface area contributed by atoms with Gasteiger partial charge in [0.25, 0.3) is 0 Å². The highest BCUT2D eigenvalue weighted by atomic mass is 35.5. The van der Waals surface area contributed by atoms with Gasteiger partial charge >= 0.3 is 0 Å². The van der Waals surface area contributed by atoms with Crippen molar-refractivity contribution in [2.75, 3.05) is 0 Å². The Hall–Kier alpha value is -2.36. The number of fused-ring (bicyclic) bond motifs is 2. The summed E-state index contributed by atoms with van der Waals surface area (Å²) in [5.41, 5.74) is 3.19. The Morgan fingerprint density at radius 1 is 0.880 bits per heavy atom. The van der Waals surface area contributed by atoms with Crippen LogP contribution in [0.25, 0.3) is 10.9 Å². The first-order valence-electron chi connectivity index (χ1n) is 8.06. The van der Waals surface area contributed by atoms with E-state index in [1.807, 2.05) is 54.6 Å². The second kappa shape index (κ2) is 5.58. The van der Waals surface area contributed by atoms with Gasteiger partial charge in [-0.1, -0.05) is 65.8 Å². The van der Waals surface area contributed by atoms with E-state index in [1.165, 1.54) is 5.39 Å². The van der Waals surface area contributed by atoms with E-state index in [9.17, 15) is 0 Å². The molecule has 4 aromatic rings. The molecule has 2 nitrogen and oxygen atoms in total. The molecule has 0 radical (unpaired) electrons. The predicted octanol–water partition coefficient (Wildman–Crippen LogP) is 6.21. The van der Waals surface area contributed by atoms with Gasteiger partial charge in [-0.15, -0.1) is 0 Å². The van der Waals surface area contributed by atoms with Crippen molar-refractivity contribution in [1.29, 1.82) is 0 Å². The van der Waals surface area contributed by atoms with Crippen molar-refractivity contribution < 1.29 is 4.74 Å². The Kier molecular flexibility index (Phi) is 3.34. The molecule has 4 heteroatoms. The van der Waals surface area contributed by atoms with Crippen molar-refractivity contribution in [2.45, 2.75) is 9.83 Å². The molecule has 1 atom stereocenters. The summed E-state index contributed by atoms with van der Waals surface area (Å²) in [5, 5.41) is 1.89. The molecule has 0 saturated carbocycles. The molecule has 1 N–H and O–H groups in total. The monoisotopic (exact) mass is 363 g/mol. The van der Waals surface area contributed by atoms with E-state index in [0.717, 1.165) is 32.4 Å². The molecule has 0 fully saturated rings. The average molecular weight is 364 g/mol. The van der Waals surface area contributed by atoms with Crippen LogP contribution in [0.5, 0.6) is 5.75 Å². The maximum atomic E-state index is 6.52. The van der Waals surface area contributed by atoms with E-state index in [0.29, 0.717) is 0 Å². The lowest BCUT2D eigenvalue weighted by Gasteiger charge is -2.27. The molecule has 0 spiro atoms. The number of hydrogen-bond acceptors (Lipinski definition) is 2. The summed E-state index contributed by atoms with van der Waals surface area (Å²) < 4.78 is 6.52. The van der Waals surface area contributed by atoms with E-state index in [-0.39, 0.29) is 0 Å². The topological polar surface area (TPSA) is 25.0 Å². The Bertz CT molecular complexity index is 1010. The molecule has 0 amide bonds. The van der Waals surface area contributed by atoms with Gasteiger partial charge in [0, 0.05) is 16.1 Å². The van der Waals surface area contributed by atoms with E-state index >= 15 is 0 Å². The number of H-pyrrole nitrogens is 1. The van der Waals surface area contributed by atoms with Gasteiger partial charge in [0.1, 0.15) is 5.75 Å². The highest BCUT2D eigenvalue weighted by molar-refractivity contribution is 8.00. The molecule has 0 bridgehead atoms. The smallest absolute Gasteiger partial charge is 0.225 e. The third-order valence-corrected chi connectivity index (χ3v) is 6.10. The zero-order chi connectivity index (χ0) is 16.9. The van der Waals surface area contributed by atoms with Gasteiger partial charge < -0.3 is 9.72 Å². The van der Waals surface area contributed by atoms with Gasteiger partial charge in [-0.2, -0.15) is 0 Å². The second-order valence-corrected chi connectivity index (χ2v) is 7.70. The van der Waals surface area contributed by atoms with Crippen molar-refractivity contribution in [2.24, 2.45) is 0 Å². The summed E-state index contributed by atoms with van der Waals surface area (Å²) in [6, 6.07) is 26.5. The molecule has 25 heavy (non-hydrogen) atoms. The first kappa shape index (κ1) is 14.9. The number of nitrogens with one attached hydrogen (secondary N) is 1. The minimum atomic E-state index is -0.646. The summed E-state index contributed by atoms with van der Waals surface area (Å²) in [6.07, 6.45) is 0. The van der Waals surface area contributed by atoms with Gasteiger partial charge in [-0.05, 0) is 41.8 Å². The highest BCUT2D eigenvalue weighted by Crippen LogP contribution is 2.56. The van der Waals surface area contributed by atoms with Crippen LogP contribution in [0.4, 0.5) is 0 Å². The van der Waals surface area contributed by atoms with Gasteiger partial charge in [0.05, 0.1) is 10.6 Å². The number of aromatic nitrogens is 1. The highest BCUT2D eigenvalue weighted by Gasteiger charge is 2.45. The average Bonchev–Trinajstić information content (AvgIpc) is 3.24. The number of halogens is 1. The van der Waals surface area contributed by atoms with Crippen LogP contribution in [0.1, 0.15) is 11.3 Å². The van der Waals surface area contributed by atoms with Crippen molar-refractivity contribution in [3.05, 3.63) is 95.1 Å². The first-order chi connectivity index (χ1) is 12.2. The summed E-state index contributed by atoms with van der Waals surface area (Å²) >= 11 is 7.82. The molecule has 0 aliphatic carbocycles. The lowest BCUT2D eigenvalue weighted by Crippen LogP contribution is -2.28. The summed E-state index contributed by atoms with van der Waals surface area (Å²) in [6.45, 7) is 0. The van der Waals surface area contributed by atoms with Crippen LogP contribution in [-0.4, -0.2) is 4.98 Å². The second-order valence-electron chi connectivity index (χ2n) is 6.04. The lowest BCUT2D eigenvalue weighted by molar-refractivity contribution is 0.214. The molecule has 0 saturated heterocycles. The standard InChI is InChI=1S/C21H14ClNOS/c22-16-11-9-15(10-12-16)21(24-18-7-3-4-8-19(18)25-21)20-13-14-5-1-2-6-17(14)23-20/h1-13,23H. The summed E-state index contributed by atoms with van der Waals surface area (Å²) in [5.74, 6) is 0.904. The molecule has 1 aliphatic rings. The van der Waals surface area contributed by atoms with Crippen LogP contribution in [0, 0.1) is 0 Å². The molecule has 1 aliphatic heterocycles. The number of thioether (sulfide) groups is 1. The van der Waals surface area contributed by atoms with Crippen LogP contribution in [0.15, 0.2) is 83.8 Å². The number of hydrogen-bond donors (Lipinski definition) is 1. The van der Waals surface area contributed by atoms with Gasteiger partial charge in [-0.3, -0.25) is 0 Å². The number of rotatable bonds is 2. The van der Waals surface area contributed by atoms with E-state index in [2.05, 4.69) is 29.2 Å². The minimum Gasteiger partial charge on any atom is -0.465 e. The van der Waals surface area contributed by atoms with Gasteiger partial charge in [0.2, 0.25) is 4.93 Å². The molecule has 3 aromatic carbocycles. The quantitative estimate of drug-likeness (QED) is 0.458. The number of para-hydroxylation sites is 2. The molecule has 122 valence electrons. The van der Waals surface area contributed by atoms with Crippen LogP contribution in [0.2, 0.25) is 5.02 Å². The SMILES string of the molecule is Clc1ccc(C2(c3cc4ccccc4[nH]3)Oc3ccccc3S2)cc1. The number of aromatic amines is 1. The maximum absolute atomic E-state index is 6.52. The molecule has 1 aromatic heterocycles. The fourth-order valence-electron chi connectivity index (χ4n) is 3.25.